The number of nitro groups is 1. The molecule has 1 N–H and O–H groups in total. The molecule has 13 heavy (non-hydrogen) atoms. The molecule has 0 radical (unpaired) electrons. The summed E-state index contributed by atoms with van der Waals surface area (Å²) in [7, 11) is 0. The van der Waals surface area contributed by atoms with Crippen LogP contribution in [0.3, 0.4) is 0 Å². The molecule has 0 heterocycles. The fraction of sp³-hybridized carbons (Fsp3) is 0.250. The fourth-order valence-electron chi connectivity index (χ4n) is 0.965. The lowest BCUT2D eigenvalue weighted by Crippen LogP contribution is -1.95. The number of rotatable bonds is 2. The van der Waals surface area contributed by atoms with E-state index >= 15 is 0 Å². The number of aliphatic hydroxyl groups is 1. The van der Waals surface area contributed by atoms with E-state index in [0.29, 0.717) is 10.6 Å². The van der Waals surface area contributed by atoms with Gasteiger partial charge in [0.15, 0.2) is 0 Å². The number of non-ortho nitro benzene ring substituents is 1. The van der Waals surface area contributed by atoms with E-state index < -0.39 is 11.0 Å². The number of nitrogens with zero attached hydrogens (tertiary/aromatic N) is 1. The molecule has 1 aromatic rings. The van der Waals surface area contributed by atoms with Crippen LogP contribution in [0.2, 0.25) is 5.02 Å². The van der Waals surface area contributed by atoms with Crippen LogP contribution < -0.4 is 0 Å². The predicted octanol–water partition coefficient (Wildman–Crippen LogP) is 2.30. The summed E-state index contributed by atoms with van der Waals surface area (Å²) in [4.78, 5) is 9.84. The average Bonchev–Trinajstić information content (AvgIpc) is 2.04. The lowest BCUT2D eigenvalue weighted by atomic mass is 10.1. The van der Waals surface area contributed by atoms with Crippen LogP contribution in [-0.2, 0) is 0 Å². The topological polar surface area (TPSA) is 63.4 Å². The Hall–Kier alpha value is -1.13. The molecule has 1 aromatic carbocycles. The molecule has 4 nitrogen and oxygen atoms in total. The molecular weight excluding hydrogens is 194 g/mol. The van der Waals surface area contributed by atoms with Gasteiger partial charge in [-0.15, -0.1) is 0 Å². The van der Waals surface area contributed by atoms with E-state index in [4.69, 9.17) is 11.6 Å². The quantitative estimate of drug-likeness (QED) is 0.590. The lowest BCUT2D eigenvalue weighted by molar-refractivity contribution is -0.385. The highest BCUT2D eigenvalue weighted by Gasteiger charge is 2.12. The van der Waals surface area contributed by atoms with Gasteiger partial charge in [0.1, 0.15) is 0 Å². The van der Waals surface area contributed by atoms with Gasteiger partial charge in [0.2, 0.25) is 0 Å². The van der Waals surface area contributed by atoms with Gasteiger partial charge in [0.05, 0.1) is 11.0 Å². The Balaban J connectivity index is 3.19. The summed E-state index contributed by atoms with van der Waals surface area (Å²) in [5, 5.41) is 19.9. The highest BCUT2D eigenvalue weighted by Crippen LogP contribution is 2.26. The first-order chi connectivity index (χ1) is 6.02. The summed E-state index contributed by atoms with van der Waals surface area (Å²) in [5.41, 5.74) is 0.302. The van der Waals surface area contributed by atoms with E-state index in [-0.39, 0.29) is 5.69 Å². The molecule has 0 bridgehead atoms. The summed E-state index contributed by atoms with van der Waals surface area (Å²) in [6.45, 7) is 1.50. The van der Waals surface area contributed by atoms with Gasteiger partial charge >= 0.3 is 0 Å². The number of aliphatic hydroxyl groups excluding tert-OH is 1. The Morgan fingerprint density at radius 1 is 1.62 bits per heavy atom. The zero-order chi connectivity index (χ0) is 10.0. The monoisotopic (exact) mass is 201 g/mol. The first-order valence-electron chi connectivity index (χ1n) is 3.64. The van der Waals surface area contributed by atoms with Crippen LogP contribution >= 0.6 is 11.6 Å². The standard InChI is InChI=1S/C8H8ClNO3/c1-5(11)7-4-6(10(12)13)2-3-8(7)9/h2-5,11H,1H3. The van der Waals surface area contributed by atoms with Gasteiger partial charge in [0.25, 0.3) is 5.69 Å². The van der Waals surface area contributed by atoms with Crippen molar-refractivity contribution in [2.45, 2.75) is 13.0 Å². The van der Waals surface area contributed by atoms with E-state index in [9.17, 15) is 15.2 Å². The van der Waals surface area contributed by atoms with E-state index in [0.717, 1.165) is 0 Å². The molecule has 0 saturated heterocycles. The van der Waals surface area contributed by atoms with Crippen molar-refractivity contribution in [3.05, 3.63) is 38.9 Å². The van der Waals surface area contributed by atoms with E-state index in [1.807, 2.05) is 0 Å². The minimum absolute atomic E-state index is 0.0692. The fourth-order valence-corrected chi connectivity index (χ4v) is 1.24. The molecule has 1 rings (SSSR count). The molecular formula is C8H8ClNO3. The van der Waals surface area contributed by atoms with Gasteiger partial charge in [0, 0.05) is 22.7 Å². The van der Waals surface area contributed by atoms with Gasteiger partial charge in [-0.05, 0) is 13.0 Å². The maximum atomic E-state index is 10.4. The van der Waals surface area contributed by atoms with Crippen LogP contribution in [0.25, 0.3) is 0 Å². The molecule has 0 spiro atoms. The van der Waals surface area contributed by atoms with Crippen molar-refractivity contribution in [3.8, 4) is 0 Å². The minimum Gasteiger partial charge on any atom is -0.389 e. The van der Waals surface area contributed by atoms with Crippen LogP contribution in [0.4, 0.5) is 5.69 Å². The Bertz CT molecular complexity index is 338. The largest absolute Gasteiger partial charge is 0.389 e. The van der Waals surface area contributed by atoms with Crippen molar-refractivity contribution >= 4 is 17.3 Å². The lowest BCUT2D eigenvalue weighted by Gasteiger charge is -2.05. The summed E-state index contributed by atoms with van der Waals surface area (Å²) < 4.78 is 0. The molecule has 70 valence electrons. The molecule has 0 aliphatic heterocycles. The maximum absolute atomic E-state index is 10.4. The second kappa shape index (κ2) is 3.72. The highest BCUT2D eigenvalue weighted by atomic mass is 35.5. The van der Waals surface area contributed by atoms with Gasteiger partial charge in [-0.25, -0.2) is 0 Å². The van der Waals surface area contributed by atoms with Gasteiger partial charge in [-0.1, -0.05) is 11.6 Å². The molecule has 0 saturated carbocycles. The second-order valence-corrected chi connectivity index (χ2v) is 3.05. The Labute approximate surface area is 79.9 Å². The number of benzene rings is 1. The zero-order valence-electron chi connectivity index (χ0n) is 6.90. The first kappa shape index (κ1) is 9.95. The summed E-state index contributed by atoms with van der Waals surface area (Å²) >= 11 is 5.71. The van der Waals surface area contributed by atoms with Crippen LogP contribution in [-0.4, -0.2) is 10.0 Å². The number of halogens is 1. The smallest absolute Gasteiger partial charge is 0.269 e. The molecule has 1 atom stereocenters. The number of hydrogen-bond donors (Lipinski definition) is 1. The summed E-state index contributed by atoms with van der Waals surface area (Å²) in [6, 6.07) is 3.98. The molecule has 5 heteroatoms. The zero-order valence-corrected chi connectivity index (χ0v) is 7.65. The van der Waals surface area contributed by atoms with Crippen molar-refractivity contribution in [2.24, 2.45) is 0 Å². The van der Waals surface area contributed by atoms with Gasteiger partial charge in [-0.3, -0.25) is 10.1 Å². The summed E-state index contributed by atoms with van der Waals surface area (Å²) in [6.07, 6.45) is -0.799. The van der Waals surface area contributed by atoms with Crippen LogP contribution in [0, 0.1) is 10.1 Å². The Morgan fingerprint density at radius 3 is 2.69 bits per heavy atom. The molecule has 0 fully saturated rings. The average molecular weight is 202 g/mol. The second-order valence-electron chi connectivity index (χ2n) is 2.64. The van der Waals surface area contributed by atoms with Crippen LogP contribution in [0.1, 0.15) is 18.6 Å². The molecule has 0 amide bonds. The number of nitro benzene ring substituents is 1. The third-order valence-corrected chi connectivity index (χ3v) is 1.98. The van der Waals surface area contributed by atoms with Gasteiger partial charge < -0.3 is 5.11 Å². The summed E-state index contributed by atoms with van der Waals surface area (Å²) in [5.74, 6) is 0. The Kier molecular flexibility index (Phi) is 2.85. The maximum Gasteiger partial charge on any atom is 0.269 e. The van der Waals surface area contributed by atoms with Gasteiger partial charge in [-0.2, -0.15) is 0 Å². The van der Waals surface area contributed by atoms with Crippen molar-refractivity contribution in [2.75, 3.05) is 0 Å². The third kappa shape index (κ3) is 2.17. The third-order valence-electron chi connectivity index (χ3n) is 1.64. The molecule has 0 aliphatic rings. The first-order valence-corrected chi connectivity index (χ1v) is 4.02. The van der Waals surface area contributed by atoms with Crippen molar-refractivity contribution in [3.63, 3.8) is 0 Å². The molecule has 1 unspecified atom stereocenters. The van der Waals surface area contributed by atoms with Crippen molar-refractivity contribution < 1.29 is 10.0 Å². The van der Waals surface area contributed by atoms with Crippen LogP contribution in [0.5, 0.6) is 0 Å². The molecule has 0 aliphatic carbocycles. The van der Waals surface area contributed by atoms with Crippen molar-refractivity contribution in [1.82, 2.24) is 0 Å². The van der Waals surface area contributed by atoms with E-state index in [2.05, 4.69) is 0 Å². The highest BCUT2D eigenvalue weighted by molar-refractivity contribution is 6.31. The van der Waals surface area contributed by atoms with E-state index in [1.54, 1.807) is 0 Å². The predicted molar refractivity (Wildman–Crippen MR) is 48.7 cm³/mol. The van der Waals surface area contributed by atoms with Crippen molar-refractivity contribution in [1.29, 1.82) is 0 Å². The van der Waals surface area contributed by atoms with Crippen LogP contribution in [0.15, 0.2) is 18.2 Å². The SMILES string of the molecule is CC(O)c1cc([N+](=O)[O-])ccc1Cl. The Morgan fingerprint density at radius 2 is 2.23 bits per heavy atom. The minimum atomic E-state index is -0.799. The number of hydrogen-bond acceptors (Lipinski definition) is 3. The van der Waals surface area contributed by atoms with E-state index in [1.165, 1.54) is 25.1 Å². The normalized spacial score (nSPS) is 12.5. The molecule has 0 aromatic heterocycles.